The van der Waals surface area contributed by atoms with E-state index in [0.29, 0.717) is 11.7 Å². The van der Waals surface area contributed by atoms with Crippen molar-refractivity contribution in [3.63, 3.8) is 0 Å². The van der Waals surface area contributed by atoms with E-state index in [1.807, 2.05) is 48.3 Å². The van der Waals surface area contributed by atoms with Gasteiger partial charge in [-0.2, -0.15) is 0 Å². The van der Waals surface area contributed by atoms with Gasteiger partial charge in [-0.05, 0) is 42.9 Å². The number of nitrogens with one attached hydrogen (secondary N) is 1. The van der Waals surface area contributed by atoms with Crippen LogP contribution >= 0.6 is 23.6 Å². The Labute approximate surface area is 139 Å². The Morgan fingerprint density at radius 1 is 1.18 bits per heavy atom. The number of thiocarbonyl (C=S) groups is 1. The summed E-state index contributed by atoms with van der Waals surface area (Å²) in [5.74, 6) is 0. The van der Waals surface area contributed by atoms with E-state index in [4.69, 9.17) is 12.2 Å². The summed E-state index contributed by atoms with van der Waals surface area (Å²) < 4.78 is 1.21. The molecule has 5 heteroatoms. The fourth-order valence-corrected chi connectivity index (χ4v) is 3.38. The predicted molar refractivity (Wildman–Crippen MR) is 98.5 cm³/mol. The molecule has 1 N–H and O–H groups in total. The smallest absolute Gasteiger partial charge is 0.173 e. The molecule has 0 atom stereocenters. The number of thiazole rings is 1. The van der Waals surface area contributed by atoms with E-state index < -0.39 is 0 Å². The maximum atomic E-state index is 5.49. The van der Waals surface area contributed by atoms with Gasteiger partial charge in [0.2, 0.25) is 0 Å². The van der Waals surface area contributed by atoms with Crippen molar-refractivity contribution >= 4 is 44.6 Å². The summed E-state index contributed by atoms with van der Waals surface area (Å²) in [6.07, 6.45) is 0. The lowest BCUT2D eigenvalue weighted by Gasteiger charge is -2.20. The van der Waals surface area contributed by atoms with Crippen molar-refractivity contribution < 1.29 is 0 Å². The van der Waals surface area contributed by atoms with E-state index in [2.05, 4.69) is 29.4 Å². The van der Waals surface area contributed by atoms with Crippen LogP contribution in [0, 0.1) is 6.92 Å². The number of aromatic nitrogens is 1. The summed E-state index contributed by atoms with van der Waals surface area (Å²) in [5.41, 5.74) is 3.27. The summed E-state index contributed by atoms with van der Waals surface area (Å²) >= 11 is 7.20. The third kappa shape index (κ3) is 3.26. The first-order valence-corrected chi connectivity index (χ1v) is 8.28. The molecular weight excluding hydrogens is 310 g/mol. The van der Waals surface area contributed by atoms with E-state index in [9.17, 15) is 0 Å². The number of benzene rings is 2. The standard InChI is InChI=1S/C17H17N3S2/c1-12-7-3-4-8-13(12)19-17(21)20(2)11-16-18-14-9-5-6-10-15(14)22-16/h3-10H,11H2,1-2H3,(H,19,21). The van der Waals surface area contributed by atoms with E-state index in [0.717, 1.165) is 16.2 Å². The van der Waals surface area contributed by atoms with Crippen LogP contribution in [0.25, 0.3) is 10.2 Å². The Hall–Kier alpha value is -1.98. The average molecular weight is 327 g/mol. The monoisotopic (exact) mass is 327 g/mol. The lowest BCUT2D eigenvalue weighted by atomic mass is 10.2. The molecule has 1 heterocycles. The highest BCUT2D eigenvalue weighted by atomic mass is 32.1. The Bertz CT molecular complexity index is 777. The molecule has 3 aromatic rings. The Morgan fingerprint density at radius 3 is 2.68 bits per heavy atom. The lowest BCUT2D eigenvalue weighted by Crippen LogP contribution is -2.30. The predicted octanol–water partition coefficient (Wildman–Crippen LogP) is 4.43. The van der Waals surface area contributed by atoms with Crippen LogP contribution in [0.1, 0.15) is 10.6 Å². The molecule has 0 fully saturated rings. The van der Waals surface area contributed by atoms with E-state index >= 15 is 0 Å². The zero-order valence-electron chi connectivity index (χ0n) is 12.5. The first-order chi connectivity index (χ1) is 10.6. The van der Waals surface area contributed by atoms with Gasteiger partial charge in [0.25, 0.3) is 0 Å². The van der Waals surface area contributed by atoms with E-state index in [1.54, 1.807) is 11.3 Å². The number of fused-ring (bicyclic) bond motifs is 1. The molecule has 22 heavy (non-hydrogen) atoms. The minimum Gasteiger partial charge on any atom is -0.345 e. The minimum atomic E-state index is 0.702. The van der Waals surface area contributed by atoms with Crippen molar-refractivity contribution in [2.45, 2.75) is 13.5 Å². The molecule has 3 nitrogen and oxygen atoms in total. The zero-order valence-corrected chi connectivity index (χ0v) is 14.2. The third-order valence-electron chi connectivity index (χ3n) is 3.44. The average Bonchev–Trinajstić information content (AvgIpc) is 2.91. The van der Waals surface area contributed by atoms with Gasteiger partial charge in [-0.1, -0.05) is 30.3 Å². The summed E-state index contributed by atoms with van der Waals surface area (Å²) in [6, 6.07) is 16.3. The van der Waals surface area contributed by atoms with Gasteiger partial charge < -0.3 is 10.2 Å². The lowest BCUT2D eigenvalue weighted by molar-refractivity contribution is 0.507. The second-order valence-corrected chi connectivity index (χ2v) is 6.68. The van der Waals surface area contributed by atoms with E-state index in [-0.39, 0.29) is 0 Å². The molecule has 0 unspecified atom stereocenters. The van der Waals surface area contributed by atoms with Crippen LogP contribution in [0.3, 0.4) is 0 Å². The normalized spacial score (nSPS) is 10.6. The van der Waals surface area contributed by atoms with Gasteiger partial charge in [0.1, 0.15) is 5.01 Å². The van der Waals surface area contributed by atoms with Gasteiger partial charge in [-0.3, -0.25) is 0 Å². The first-order valence-electron chi connectivity index (χ1n) is 7.05. The van der Waals surface area contributed by atoms with Crippen molar-refractivity contribution in [1.29, 1.82) is 0 Å². The van der Waals surface area contributed by atoms with Crippen molar-refractivity contribution in [2.75, 3.05) is 12.4 Å². The summed E-state index contributed by atoms with van der Waals surface area (Å²) in [5, 5.41) is 5.07. The number of hydrogen-bond acceptors (Lipinski definition) is 3. The largest absolute Gasteiger partial charge is 0.345 e. The maximum Gasteiger partial charge on any atom is 0.173 e. The topological polar surface area (TPSA) is 28.2 Å². The Kier molecular flexibility index (Phi) is 4.36. The summed E-state index contributed by atoms with van der Waals surface area (Å²) in [4.78, 5) is 6.66. The van der Waals surface area contributed by atoms with Crippen LogP contribution in [-0.2, 0) is 6.54 Å². The molecular formula is C17H17N3S2. The highest BCUT2D eigenvalue weighted by Gasteiger charge is 2.10. The van der Waals surface area contributed by atoms with Crippen LogP contribution in [0.2, 0.25) is 0 Å². The number of aryl methyl sites for hydroxylation is 1. The first kappa shape index (κ1) is 14.9. The zero-order chi connectivity index (χ0) is 15.5. The molecule has 0 aliphatic heterocycles. The molecule has 0 bridgehead atoms. The molecule has 1 aromatic heterocycles. The fraction of sp³-hybridized carbons (Fsp3) is 0.176. The van der Waals surface area contributed by atoms with Gasteiger partial charge in [0, 0.05) is 12.7 Å². The minimum absolute atomic E-state index is 0.702. The molecule has 2 aromatic carbocycles. The number of anilines is 1. The molecule has 3 rings (SSSR count). The summed E-state index contributed by atoms with van der Waals surface area (Å²) in [6.45, 7) is 2.77. The fourth-order valence-electron chi connectivity index (χ4n) is 2.19. The molecule has 112 valence electrons. The third-order valence-corrected chi connectivity index (χ3v) is 4.88. The van der Waals surface area contributed by atoms with Crippen LogP contribution in [0.5, 0.6) is 0 Å². The second-order valence-electron chi connectivity index (χ2n) is 5.18. The molecule has 0 radical (unpaired) electrons. The highest BCUT2D eigenvalue weighted by Crippen LogP contribution is 2.22. The van der Waals surface area contributed by atoms with E-state index in [1.165, 1.54) is 10.3 Å². The van der Waals surface area contributed by atoms with Crippen molar-refractivity contribution in [1.82, 2.24) is 9.88 Å². The van der Waals surface area contributed by atoms with Crippen LogP contribution in [-0.4, -0.2) is 22.0 Å². The van der Waals surface area contributed by atoms with Gasteiger partial charge >= 0.3 is 0 Å². The molecule has 0 saturated carbocycles. The maximum absolute atomic E-state index is 5.49. The van der Waals surface area contributed by atoms with Crippen LogP contribution in [0.4, 0.5) is 5.69 Å². The van der Waals surface area contributed by atoms with Crippen LogP contribution < -0.4 is 5.32 Å². The SMILES string of the molecule is Cc1ccccc1NC(=S)N(C)Cc1nc2ccccc2s1. The number of nitrogens with zero attached hydrogens (tertiary/aromatic N) is 2. The number of hydrogen-bond donors (Lipinski definition) is 1. The number of para-hydroxylation sites is 2. The van der Waals surface area contributed by atoms with Gasteiger partial charge in [0.05, 0.1) is 16.8 Å². The molecule has 0 amide bonds. The van der Waals surface area contributed by atoms with Gasteiger partial charge in [0.15, 0.2) is 5.11 Å². The van der Waals surface area contributed by atoms with Crippen molar-refractivity contribution in [2.24, 2.45) is 0 Å². The Morgan fingerprint density at radius 2 is 1.91 bits per heavy atom. The quantitative estimate of drug-likeness (QED) is 0.720. The highest BCUT2D eigenvalue weighted by molar-refractivity contribution is 7.80. The van der Waals surface area contributed by atoms with Crippen molar-refractivity contribution in [3.8, 4) is 0 Å². The molecule has 0 spiro atoms. The Balaban J connectivity index is 1.69. The second kappa shape index (κ2) is 6.42. The van der Waals surface area contributed by atoms with Crippen LogP contribution in [0.15, 0.2) is 48.5 Å². The summed E-state index contributed by atoms with van der Waals surface area (Å²) in [7, 11) is 1.99. The number of rotatable bonds is 3. The molecule has 0 aliphatic carbocycles. The van der Waals surface area contributed by atoms with Gasteiger partial charge in [-0.25, -0.2) is 4.98 Å². The van der Waals surface area contributed by atoms with Gasteiger partial charge in [-0.15, -0.1) is 11.3 Å². The molecule has 0 aliphatic rings. The molecule has 0 saturated heterocycles. The van der Waals surface area contributed by atoms with Crippen molar-refractivity contribution in [3.05, 3.63) is 59.1 Å².